The van der Waals surface area contributed by atoms with E-state index in [1.54, 1.807) is 0 Å². The summed E-state index contributed by atoms with van der Waals surface area (Å²) in [4.78, 5) is 5.06. The zero-order valence-electron chi connectivity index (χ0n) is 16.0. The highest BCUT2D eigenvalue weighted by Crippen LogP contribution is 2.30. The number of hydrogen-bond acceptors (Lipinski definition) is 4. The SMILES string of the molecule is Cc1nn(C)c(N2CCOCC2)c1CN1CCCC(c2ccccc2)C1. The fourth-order valence-electron chi connectivity index (χ4n) is 4.47. The number of benzene rings is 1. The molecule has 0 bridgehead atoms. The fraction of sp³-hybridized carbons (Fsp3) is 0.571. The molecule has 0 N–H and O–H groups in total. The summed E-state index contributed by atoms with van der Waals surface area (Å²) in [5, 5.41) is 4.74. The summed E-state index contributed by atoms with van der Waals surface area (Å²) in [7, 11) is 2.07. The third kappa shape index (κ3) is 3.64. The molecule has 1 aromatic heterocycles. The summed E-state index contributed by atoms with van der Waals surface area (Å²) in [6, 6.07) is 11.0. The van der Waals surface area contributed by atoms with Crippen molar-refractivity contribution in [2.75, 3.05) is 44.3 Å². The van der Waals surface area contributed by atoms with Crippen molar-refractivity contribution >= 4 is 5.82 Å². The van der Waals surface area contributed by atoms with Crippen LogP contribution in [0.4, 0.5) is 5.82 Å². The van der Waals surface area contributed by atoms with Crippen molar-refractivity contribution in [1.29, 1.82) is 0 Å². The van der Waals surface area contributed by atoms with E-state index in [0.717, 1.165) is 45.1 Å². The van der Waals surface area contributed by atoms with Crippen molar-refractivity contribution in [3.05, 3.63) is 47.2 Å². The maximum absolute atomic E-state index is 5.54. The van der Waals surface area contributed by atoms with Gasteiger partial charge in [0, 0.05) is 38.8 Å². The van der Waals surface area contributed by atoms with Gasteiger partial charge in [-0.2, -0.15) is 5.10 Å². The Morgan fingerprint density at radius 1 is 1.12 bits per heavy atom. The van der Waals surface area contributed by atoms with Gasteiger partial charge < -0.3 is 9.64 Å². The average Bonchev–Trinajstić information content (AvgIpc) is 2.96. The van der Waals surface area contributed by atoms with Gasteiger partial charge in [-0.05, 0) is 37.8 Å². The quantitative estimate of drug-likeness (QED) is 0.845. The smallest absolute Gasteiger partial charge is 0.131 e. The van der Waals surface area contributed by atoms with Crippen LogP contribution in [0, 0.1) is 6.92 Å². The van der Waals surface area contributed by atoms with Crippen LogP contribution in [-0.2, 0) is 18.3 Å². The van der Waals surface area contributed by atoms with Gasteiger partial charge in [-0.3, -0.25) is 9.58 Å². The van der Waals surface area contributed by atoms with Crippen molar-refractivity contribution < 1.29 is 4.74 Å². The summed E-state index contributed by atoms with van der Waals surface area (Å²) in [5.74, 6) is 1.93. The number of aryl methyl sites for hydroxylation is 2. The summed E-state index contributed by atoms with van der Waals surface area (Å²) < 4.78 is 7.60. The van der Waals surface area contributed by atoms with Gasteiger partial charge in [0.15, 0.2) is 0 Å². The number of nitrogens with zero attached hydrogens (tertiary/aromatic N) is 4. The number of piperidine rings is 1. The molecule has 2 saturated heterocycles. The number of anilines is 1. The molecule has 1 atom stereocenters. The maximum Gasteiger partial charge on any atom is 0.131 e. The number of aromatic nitrogens is 2. The first kappa shape index (κ1) is 17.6. The first-order chi connectivity index (χ1) is 12.7. The fourth-order valence-corrected chi connectivity index (χ4v) is 4.47. The summed E-state index contributed by atoms with van der Waals surface area (Å²) >= 11 is 0. The molecule has 2 aliphatic heterocycles. The highest BCUT2D eigenvalue weighted by atomic mass is 16.5. The van der Waals surface area contributed by atoms with Crippen LogP contribution in [0.1, 0.15) is 35.6 Å². The Hall–Kier alpha value is -1.85. The predicted molar refractivity (Wildman–Crippen MR) is 105 cm³/mol. The minimum atomic E-state index is 0.647. The van der Waals surface area contributed by atoms with E-state index in [2.05, 4.69) is 58.8 Å². The molecular formula is C21H30N4O. The molecule has 2 aliphatic rings. The first-order valence-electron chi connectivity index (χ1n) is 9.85. The normalized spacial score (nSPS) is 21.9. The van der Waals surface area contributed by atoms with E-state index in [1.807, 2.05) is 0 Å². The van der Waals surface area contributed by atoms with Gasteiger partial charge in [-0.25, -0.2) is 0 Å². The Balaban J connectivity index is 1.51. The molecule has 0 amide bonds. The highest BCUT2D eigenvalue weighted by Gasteiger charge is 2.26. The van der Waals surface area contributed by atoms with E-state index in [1.165, 1.54) is 36.3 Å². The van der Waals surface area contributed by atoms with E-state index in [9.17, 15) is 0 Å². The zero-order chi connectivity index (χ0) is 17.9. The molecule has 5 heteroatoms. The van der Waals surface area contributed by atoms with Gasteiger partial charge in [0.25, 0.3) is 0 Å². The number of morpholine rings is 1. The van der Waals surface area contributed by atoms with Crippen LogP contribution in [0.5, 0.6) is 0 Å². The Kier molecular flexibility index (Phi) is 5.27. The molecule has 0 saturated carbocycles. The Labute approximate surface area is 156 Å². The van der Waals surface area contributed by atoms with Gasteiger partial charge in [0.1, 0.15) is 5.82 Å². The molecule has 0 spiro atoms. The van der Waals surface area contributed by atoms with Crippen LogP contribution in [-0.4, -0.2) is 54.1 Å². The third-order valence-corrected chi connectivity index (χ3v) is 5.78. The van der Waals surface area contributed by atoms with E-state index in [0.29, 0.717) is 5.92 Å². The summed E-state index contributed by atoms with van der Waals surface area (Å²) in [6.45, 7) is 9.00. The monoisotopic (exact) mass is 354 g/mol. The second-order valence-corrected chi connectivity index (χ2v) is 7.60. The Morgan fingerprint density at radius 3 is 2.65 bits per heavy atom. The van der Waals surface area contributed by atoms with Crippen LogP contribution in [0.3, 0.4) is 0 Å². The Morgan fingerprint density at radius 2 is 1.88 bits per heavy atom. The van der Waals surface area contributed by atoms with Crippen LogP contribution < -0.4 is 4.90 Å². The molecule has 3 heterocycles. The summed E-state index contributed by atoms with van der Waals surface area (Å²) in [6.07, 6.45) is 2.56. The average molecular weight is 354 g/mol. The van der Waals surface area contributed by atoms with Gasteiger partial charge in [-0.1, -0.05) is 30.3 Å². The van der Waals surface area contributed by atoms with Crippen LogP contribution in [0.2, 0.25) is 0 Å². The van der Waals surface area contributed by atoms with Gasteiger partial charge in [0.2, 0.25) is 0 Å². The maximum atomic E-state index is 5.54. The molecule has 5 nitrogen and oxygen atoms in total. The number of ether oxygens (including phenoxy) is 1. The number of hydrogen-bond donors (Lipinski definition) is 0. The molecule has 26 heavy (non-hydrogen) atoms. The third-order valence-electron chi connectivity index (χ3n) is 5.78. The van der Waals surface area contributed by atoms with Crippen molar-refractivity contribution in [3.63, 3.8) is 0 Å². The molecule has 0 aliphatic carbocycles. The lowest BCUT2D eigenvalue weighted by atomic mass is 9.90. The molecule has 2 fully saturated rings. The van der Waals surface area contributed by atoms with E-state index < -0.39 is 0 Å². The van der Waals surface area contributed by atoms with Crippen molar-refractivity contribution in [1.82, 2.24) is 14.7 Å². The van der Waals surface area contributed by atoms with Crippen LogP contribution >= 0.6 is 0 Å². The highest BCUT2D eigenvalue weighted by molar-refractivity contribution is 5.50. The molecule has 1 unspecified atom stereocenters. The van der Waals surface area contributed by atoms with Gasteiger partial charge in [-0.15, -0.1) is 0 Å². The van der Waals surface area contributed by atoms with Gasteiger partial charge in [0.05, 0.1) is 18.9 Å². The van der Waals surface area contributed by atoms with E-state index in [-0.39, 0.29) is 0 Å². The molecule has 140 valence electrons. The standard InChI is InChI=1S/C21H30N4O/c1-17-20(21(23(2)22-17)25-11-13-26-14-12-25)16-24-10-6-9-19(15-24)18-7-4-3-5-8-18/h3-5,7-8,19H,6,9-16H2,1-2H3. The van der Waals surface area contributed by atoms with E-state index in [4.69, 9.17) is 9.84 Å². The lowest BCUT2D eigenvalue weighted by Gasteiger charge is -2.34. The van der Waals surface area contributed by atoms with E-state index >= 15 is 0 Å². The Bertz CT molecular complexity index is 721. The topological polar surface area (TPSA) is 33.5 Å². The van der Waals surface area contributed by atoms with Crippen molar-refractivity contribution in [2.24, 2.45) is 7.05 Å². The van der Waals surface area contributed by atoms with Crippen molar-refractivity contribution in [3.8, 4) is 0 Å². The molecule has 2 aromatic rings. The summed E-state index contributed by atoms with van der Waals surface area (Å²) in [5.41, 5.74) is 4.03. The molecule has 4 rings (SSSR count). The minimum Gasteiger partial charge on any atom is -0.378 e. The van der Waals surface area contributed by atoms with Crippen LogP contribution in [0.15, 0.2) is 30.3 Å². The minimum absolute atomic E-state index is 0.647. The lowest BCUT2D eigenvalue weighted by Crippen LogP contribution is -2.39. The largest absolute Gasteiger partial charge is 0.378 e. The van der Waals surface area contributed by atoms with Crippen LogP contribution in [0.25, 0.3) is 0 Å². The second-order valence-electron chi connectivity index (χ2n) is 7.60. The van der Waals surface area contributed by atoms with Gasteiger partial charge >= 0.3 is 0 Å². The predicted octanol–water partition coefficient (Wildman–Crippen LogP) is 2.94. The van der Waals surface area contributed by atoms with Crippen molar-refractivity contribution in [2.45, 2.75) is 32.2 Å². The molecule has 1 aromatic carbocycles. The number of likely N-dealkylation sites (tertiary alicyclic amines) is 1. The molecule has 0 radical (unpaired) electrons. The zero-order valence-corrected chi connectivity index (χ0v) is 16.0. The first-order valence-corrected chi connectivity index (χ1v) is 9.85. The molecular weight excluding hydrogens is 324 g/mol. The lowest BCUT2D eigenvalue weighted by molar-refractivity contribution is 0.122. The second kappa shape index (κ2) is 7.80. The number of rotatable bonds is 4.